The lowest BCUT2D eigenvalue weighted by Crippen LogP contribution is -2.18. The van der Waals surface area contributed by atoms with Gasteiger partial charge in [-0.1, -0.05) is 12.1 Å². The normalized spacial score (nSPS) is 13.4. The predicted octanol–water partition coefficient (Wildman–Crippen LogP) is 1.41. The number of benzene rings is 1. The van der Waals surface area contributed by atoms with Gasteiger partial charge >= 0.3 is 0 Å². The van der Waals surface area contributed by atoms with Gasteiger partial charge in [-0.2, -0.15) is 0 Å². The predicted molar refractivity (Wildman–Crippen MR) is 53.8 cm³/mol. The van der Waals surface area contributed by atoms with Gasteiger partial charge in [-0.25, -0.2) is 0 Å². The molecule has 0 fully saturated rings. The molecule has 4 heteroatoms. The van der Waals surface area contributed by atoms with Crippen LogP contribution in [0.25, 0.3) is 10.9 Å². The summed E-state index contributed by atoms with van der Waals surface area (Å²) < 4.78 is 14.2. The lowest BCUT2D eigenvalue weighted by Gasteiger charge is -2.04. The van der Waals surface area contributed by atoms with Crippen LogP contribution in [0.1, 0.15) is 0 Å². The van der Waals surface area contributed by atoms with Gasteiger partial charge in [-0.05, 0) is 12.1 Å². The zero-order valence-electron chi connectivity index (χ0n) is 7.20. The van der Waals surface area contributed by atoms with Crippen LogP contribution in [0.15, 0.2) is 35.4 Å². The number of aromatic amines is 1. The second kappa shape index (κ2) is 3.41. The summed E-state index contributed by atoms with van der Waals surface area (Å²) in [6.45, 7) is 0. The molecule has 0 saturated carbocycles. The molecule has 0 spiro atoms. The third-order valence-corrected chi connectivity index (χ3v) is 3.04. The summed E-state index contributed by atoms with van der Waals surface area (Å²) in [6.07, 6.45) is 1.78. The summed E-state index contributed by atoms with van der Waals surface area (Å²) in [6, 6.07) is 7.81. The summed E-state index contributed by atoms with van der Waals surface area (Å²) >= 11 is -1.12. The van der Waals surface area contributed by atoms with Gasteiger partial charge in [-0.3, -0.25) is 0 Å². The van der Waals surface area contributed by atoms with E-state index in [-0.39, 0.29) is 0 Å². The Bertz CT molecular complexity index is 413. The van der Waals surface area contributed by atoms with E-state index >= 15 is 0 Å². The lowest BCUT2D eigenvalue weighted by atomic mass is 10.2. The summed E-state index contributed by atoms with van der Waals surface area (Å²) in [4.78, 5) is 3.87. The van der Waals surface area contributed by atoms with Gasteiger partial charge < -0.3 is 9.54 Å². The second-order valence-corrected chi connectivity index (χ2v) is 4.06. The molecule has 0 radical (unpaired) electrons. The summed E-state index contributed by atoms with van der Waals surface area (Å²) in [5, 5.41) is 1.01. The molecule has 0 aliphatic rings. The fraction of sp³-hybridized carbons (Fsp3) is 0.111. The van der Waals surface area contributed by atoms with E-state index in [0.717, 1.165) is 15.8 Å². The first kappa shape index (κ1) is 8.62. The zero-order chi connectivity index (χ0) is 9.26. The summed E-state index contributed by atoms with van der Waals surface area (Å²) in [5.74, 6) is 0. The smallest absolute Gasteiger partial charge is 0.199 e. The van der Waals surface area contributed by atoms with E-state index in [1.54, 1.807) is 13.2 Å². The summed E-state index contributed by atoms with van der Waals surface area (Å²) in [5.41, 5.74) is 1.01. The highest BCUT2D eigenvalue weighted by atomic mass is 32.2. The van der Waals surface area contributed by atoms with Gasteiger partial charge in [0, 0.05) is 7.05 Å². The van der Waals surface area contributed by atoms with Crippen LogP contribution in [0.3, 0.4) is 0 Å². The number of rotatable bonds is 2. The highest BCUT2D eigenvalue weighted by Gasteiger charge is 2.14. The fourth-order valence-corrected chi connectivity index (χ4v) is 2.07. The van der Waals surface area contributed by atoms with Crippen molar-refractivity contribution in [3.63, 3.8) is 0 Å². The topological polar surface area (TPSA) is 50.9 Å². The third kappa shape index (κ3) is 1.44. The first-order valence-corrected chi connectivity index (χ1v) is 5.13. The van der Waals surface area contributed by atoms with Crippen molar-refractivity contribution < 1.29 is 4.55 Å². The van der Waals surface area contributed by atoms with Crippen LogP contribution in [-0.4, -0.2) is 16.6 Å². The van der Waals surface area contributed by atoms with Crippen molar-refractivity contribution in [3.8, 4) is 0 Å². The number of fused-ring (bicyclic) bond motifs is 1. The number of hydrogen-bond acceptors (Lipinski definition) is 2. The van der Waals surface area contributed by atoms with E-state index in [0.29, 0.717) is 0 Å². The van der Waals surface area contributed by atoms with Crippen LogP contribution in [0.4, 0.5) is 0 Å². The molecule has 0 amide bonds. The Morgan fingerprint density at radius 3 is 2.92 bits per heavy atom. The standard InChI is InChI=1S/C9H10N2OS/c1-10-13(12)9-6-11-8-5-3-2-4-7(8)9/h2-6,10-11H,1H3. The number of para-hydroxylation sites is 1. The Morgan fingerprint density at radius 1 is 1.38 bits per heavy atom. The minimum atomic E-state index is -1.12. The second-order valence-electron chi connectivity index (χ2n) is 2.67. The van der Waals surface area contributed by atoms with E-state index < -0.39 is 11.4 Å². The van der Waals surface area contributed by atoms with Crippen LogP contribution in [0, 0.1) is 0 Å². The SMILES string of the molecule is CN[S+]([O-])c1c[nH]c2ccccc12. The lowest BCUT2D eigenvalue weighted by molar-refractivity contribution is 0.588. The Kier molecular flexibility index (Phi) is 2.26. The molecule has 2 rings (SSSR count). The van der Waals surface area contributed by atoms with Crippen LogP contribution in [-0.2, 0) is 11.4 Å². The fourth-order valence-electron chi connectivity index (χ4n) is 1.31. The first-order chi connectivity index (χ1) is 6.33. The Balaban J connectivity index is 2.57. The average molecular weight is 194 g/mol. The van der Waals surface area contributed by atoms with E-state index in [1.807, 2.05) is 24.3 Å². The minimum Gasteiger partial charge on any atom is -0.593 e. The molecule has 68 valence electrons. The van der Waals surface area contributed by atoms with E-state index in [9.17, 15) is 4.55 Å². The molecule has 0 aliphatic heterocycles. The Hall–Kier alpha value is -0.970. The molecular formula is C9H10N2OS. The number of H-pyrrole nitrogens is 1. The molecule has 1 aromatic heterocycles. The molecule has 1 heterocycles. The van der Waals surface area contributed by atoms with Crippen molar-refractivity contribution in [1.29, 1.82) is 0 Å². The zero-order valence-corrected chi connectivity index (χ0v) is 8.02. The highest BCUT2D eigenvalue weighted by molar-refractivity contribution is 7.89. The molecular weight excluding hydrogens is 184 g/mol. The van der Waals surface area contributed by atoms with Gasteiger partial charge in [0.25, 0.3) is 0 Å². The van der Waals surface area contributed by atoms with Gasteiger partial charge in [0.1, 0.15) is 0 Å². The molecule has 1 atom stereocenters. The van der Waals surface area contributed by atoms with Crippen molar-refractivity contribution in [2.24, 2.45) is 0 Å². The van der Waals surface area contributed by atoms with Crippen molar-refractivity contribution in [2.75, 3.05) is 7.05 Å². The molecule has 3 nitrogen and oxygen atoms in total. The maximum atomic E-state index is 11.5. The number of aromatic nitrogens is 1. The maximum absolute atomic E-state index is 11.5. The number of hydrogen-bond donors (Lipinski definition) is 2. The molecule has 0 saturated heterocycles. The maximum Gasteiger partial charge on any atom is 0.199 e. The molecule has 1 unspecified atom stereocenters. The number of nitrogens with one attached hydrogen (secondary N) is 2. The van der Waals surface area contributed by atoms with E-state index in [4.69, 9.17) is 0 Å². The first-order valence-electron chi connectivity index (χ1n) is 3.98. The molecule has 13 heavy (non-hydrogen) atoms. The monoisotopic (exact) mass is 194 g/mol. The molecule has 2 N–H and O–H groups in total. The van der Waals surface area contributed by atoms with Gasteiger partial charge in [0.2, 0.25) is 0 Å². The Labute approximate surface area is 79.5 Å². The molecule has 0 aliphatic carbocycles. The van der Waals surface area contributed by atoms with Crippen LogP contribution < -0.4 is 4.72 Å². The van der Waals surface area contributed by atoms with Crippen molar-refractivity contribution >= 4 is 22.3 Å². The van der Waals surface area contributed by atoms with Crippen LogP contribution >= 0.6 is 0 Å². The van der Waals surface area contributed by atoms with Gasteiger partial charge in [-0.15, -0.1) is 4.72 Å². The van der Waals surface area contributed by atoms with Crippen molar-refractivity contribution in [3.05, 3.63) is 30.5 Å². The quantitative estimate of drug-likeness (QED) is 0.710. The highest BCUT2D eigenvalue weighted by Crippen LogP contribution is 2.21. The Morgan fingerprint density at radius 2 is 2.15 bits per heavy atom. The average Bonchev–Trinajstić information content (AvgIpc) is 2.60. The largest absolute Gasteiger partial charge is 0.593 e. The summed E-state index contributed by atoms with van der Waals surface area (Å²) in [7, 11) is 1.68. The third-order valence-electron chi connectivity index (χ3n) is 1.94. The van der Waals surface area contributed by atoms with Crippen LogP contribution in [0.5, 0.6) is 0 Å². The molecule has 1 aromatic carbocycles. The molecule has 2 aromatic rings. The van der Waals surface area contributed by atoms with E-state index in [2.05, 4.69) is 9.71 Å². The van der Waals surface area contributed by atoms with Gasteiger partial charge in [0.05, 0.1) is 28.5 Å². The van der Waals surface area contributed by atoms with E-state index in [1.165, 1.54) is 0 Å². The van der Waals surface area contributed by atoms with Gasteiger partial charge in [0.15, 0.2) is 4.90 Å². The minimum absolute atomic E-state index is 0.804. The van der Waals surface area contributed by atoms with Crippen LogP contribution in [0.2, 0.25) is 0 Å². The molecule has 0 bridgehead atoms. The van der Waals surface area contributed by atoms with Crippen molar-refractivity contribution in [1.82, 2.24) is 9.71 Å². The van der Waals surface area contributed by atoms with Crippen molar-refractivity contribution in [2.45, 2.75) is 4.90 Å².